The molecule has 1 fully saturated rings. The van der Waals surface area contributed by atoms with E-state index in [1.807, 2.05) is 38.1 Å². The lowest BCUT2D eigenvalue weighted by atomic mass is 9.94. The largest absolute Gasteiger partial charge is 0.345 e. The first-order chi connectivity index (χ1) is 9.52. The van der Waals surface area contributed by atoms with Crippen LogP contribution in [0, 0.1) is 9.49 Å². The predicted octanol–water partition coefficient (Wildman–Crippen LogP) is 2.16. The molecule has 20 heavy (non-hydrogen) atoms. The van der Waals surface area contributed by atoms with Crippen molar-refractivity contribution in [2.45, 2.75) is 32.9 Å². The second-order valence-electron chi connectivity index (χ2n) is 5.20. The van der Waals surface area contributed by atoms with Gasteiger partial charge in [-0.1, -0.05) is 32.4 Å². The van der Waals surface area contributed by atoms with Gasteiger partial charge in [-0.25, -0.2) is 0 Å². The van der Waals surface area contributed by atoms with Crippen LogP contribution in [0.2, 0.25) is 0 Å². The summed E-state index contributed by atoms with van der Waals surface area (Å²) in [5, 5.41) is 2.69. The molecule has 4 nitrogen and oxygen atoms in total. The highest BCUT2D eigenvalue weighted by Gasteiger charge is 2.37. The summed E-state index contributed by atoms with van der Waals surface area (Å²) in [4.78, 5) is 26.0. The average Bonchev–Trinajstić information content (AvgIpc) is 2.44. The fourth-order valence-corrected chi connectivity index (χ4v) is 2.79. The van der Waals surface area contributed by atoms with Crippen molar-refractivity contribution in [3.8, 4) is 0 Å². The van der Waals surface area contributed by atoms with Crippen molar-refractivity contribution in [1.29, 1.82) is 0 Å². The van der Waals surface area contributed by atoms with Gasteiger partial charge in [0.1, 0.15) is 6.04 Å². The van der Waals surface area contributed by atoms with Crippen molar-refractivity contribution in [2.24, 2.45) is 5.92 Å². The zero-order valence-electron chi connectivity index (χ0n) is 11.7. The number of rotatable bonds is 4. The van der Waals surface area contributed by atoms with Gasteiger partial charge in [0.25, 0.3) is 0 Å². The Labute approximate surface area is 133 Å². The summed E-state index contributed by atoms with van der Waals surface area (Å²) in [5.74, 6) is 0.112. The summed E-state index contributed by atoms with van der Waals surface area (Å²) < 4.78 is 1.16. The van der Waals surface area contributed by atoms with Crippen LogP contribution in [0.4, 0.5) is 0 Å². The number of halogens is 1. The van der Waals surface area contributed by atoms with Gasteiger partial charge >= 0.3 is 0 Å². The third kappa shape index (κ3) is 3.31. The maximum atomic E-state index is 12.2. The Hall–Kier alpha value is -1.11. The molecule has 5 heteroatoms. The zero-order chi connectivity index (χ0) is 14.7. The zero-order valence-corrected chi connectivity index (χ0v) is 13.9. The molecule has 2 amide bonds. The summed E-state index contributed by atoms with van der Waals surface area (Å²) in [6.07, 6.45) is 0.870. The van der Waals surface area contributed by atoms with Crippen LogP contribution in [0.1, 0.15) is 25.8 Å². The number of nitrogens with zero attached hydrogens (tertiary/aromatic N) is 1. The van der Waals surface area contributed by atoms with Crippen molar-refractivity contribution in [1.82, 2.24) is 10.2 Å². The van der Waals surface area contributed by atoms with Crippen LogP contribution in [0.15, 0.2) is 24.3 Å². The van der Waals surface area contributed by atoms with E-state index in [1.54, 1.807) is 4.90 Å². The second kappa shape index (κ2) is 6.56. The minimum atomic E-state index is -0.361. The molecule has 0 bridgehead atoms. The lowest BCUT2D eigenvalue weighted by molar-refractivity contribution is -0.148. The smallest absolute Gasteiger partial charge is 0.243 e. The van der Waals surface area contributed by atoms with E-state index >= 15 is 0 Å². The number of amides is 2. The first-order valence-electron chi connectivity index (χ1n) is 6.84. The average molecular weight is 386 g/mol. The monoisotopic (exact) mass is 386 g/mol. The van der Waals surface area contributed by atoms with E-state index in [9.17, 15) is 9.59 Å². The third-order valence-electron chi connectivity index (χ3n) is 3.79. The third-order valence-corrected chi connectivity index (χ3v) is 4.51. The first kappa shape index (κ1) is 15.3. The minimum absolute atomic E-state index is 0.00606. The van der Waals surface area contributed by atoms with Gasteiger partial charge < -0.3 is 10.2 Å². The van der Waals surface area contributed by atoms with Crippen LogP contribution < -0.4 is 5.32 Å². The highest BCUT2D eigenvalue weighted by atomic mass is 127. The highest BCUT2D eigenvalue weighted by Crippen LogP contribution is 2.21. The Morgan fingerprint density at radius 3 is 2.60 bits per heavy atom. The molecule has 1 saturated heterocycles. The van der Waals surface area contributed by atoms with E-state index in [4.69, 9.17) is 0 Å². The number of nitrogens with one attached hydrogen (secondary N) is 1. The summed E-state index contributed by atoms with van der Waals surface area (Å²) in [6, 6.07) is 7.69. The molecule has 1 aliphatic heterocycles. The van der Waals surface area contributed by atoms with Gasteiger partial charge in [-0.15, -0.1) is 0 Å². The number of carbonyl (C=O) groups is 2. The van der Waals surface area contributed by atoms with Crippen LogP contribution in [0.5, 0.6) is 0 Å². The fourth-order valence-electron chi connectivity index (χ4n) is 2.43. The molecular formula is C15H19IN2O2. The number of hydrogen-bond donors (Lipinski definition) is 1. The lowest BCUT2D eigenvalue weighted by Gasteiger charge is -2.38. The van der Waals surface area contributed by atoms with Crippen molar-refractivity contribution in [2.75, 3.05) is 6.54 Å². The lowest BCUT2D eigenvalue weighted by Crippen LogP contribution is -2.60. The maximum Gasteiger partial charge on any atom is 0.243 e. The number of carbonyl (C=O) groups excluding carboxylic acids is 2. The quantitative estimate of drug-likeness (QED) is 0.807. The van der Waals surface area contributed by atoms with Crippen molar-refractivity contribution >= 4 is 34.4 Å². The van der Waals surface area contributed by atoms with Crippen LogP contribution >= 0.6 is 22.6 Å². The van der Waals surface area contributed by atoms with Gasteiger partial charge in [-0.3, -0.25) is 9.59 Å². The summed E-state index contributed by atoms with van der Waals surface area (Å²) >= 11 is 2.25. The fraction of sp³-hybridized carbons (Fsp3) is 0.467. The Morgan fingerprint density at radius 1 is 1.35 bits per heavy atom. The van der Waals surface area contributed by atoms with Gasteiger partial charge in [0, 0.05) is 10.1 Å². The Balaban J connectivity index is 2.22. The van der Waals surface area contributed by atoms with E-state index in [1.165, 1.54) is 0 Å². The molecule has 0 spiro atoms. The first-order valence-corrected chi connectivity index (χ1v) is 7.92. The topological polar surface area (TPSA) is 49.4 Å². The molecule has 2 rings (SSSR count). The predicted molar refractivity (Wildman–Crippen MR) is 86.0 cm³/mol. The van der Waals surface area contributed by atoms with E-state index in [0.29, 0.717) is 6.54 Å². The van der Waals surface area contributed by atoms with Crippen LogP contribution in [0.25, 0.3) is 0 Å². The maximum absolute atomic E-state index is 12.2. The van der Waals surface area contributed by atoms with Gasteiger partial charge in [0.15, 0.2) is 0 Å². The molecule has 1 aromatic carbocycles. The SMILES string of the molecule is CCC(C)C1C(=O)NCC(=O)N1Cc1ccc(I)cc1. The number of piperazine rings is 1. The number of benzene rings is 1. The standard InChI is InChI=1S/C15H19IN2O2/c1-3-10(2)14-15(20)17-8-13(19)18(14)9-11-4-6-12(16)7-5-11/h4-7,10,14H,3,8-9H2,1-2H3,(H,17,20). The molecule has 2 unspecified atom stereocenters. The Morgan fingerprint density at radius 2 is 2.00 bits per heavy atom. The normalized spacial score (nSPS) is 20.8. The summed E-state index contributed by atoms with van der Waals surface area (Å²) in [5.41, 5.74) is 1.06. The summed E-state index contributed by atoms with van der Waals surface area (Å²) in [7, 11) is 0. The molecular weight excluding hydrogens is 367 g/mol. The number of hydrogen-bond acceptors (Lipinski definition) is 2. The Kier molecular flexibility index (Phi) is 5.01. The molecule has 0 aromatic heterocycles. The van der Waals surface area contributed by atoms with Crippen LogP contribution in [-0.4, -0.2) is 29.3 Å². The molecule has 0 radical (unpaired) electrons. The summed E-state index contributed by atoms with van der Waals surface area (Å²) in [6.45, 7) is 4.66. The molecule has 108 valence electrons. The molecule has 1 aliphatic rings. The van der Waals surface area contributed by atoms with Crippen molar-refractivity contribution < 1.29 is 9.59 Å². The molecule has 2 atom stereocenters. The van der Waals surface area contributed by atoms with Crippen LogP contribution in [-0.2, 0) is 16.1 Å². The van der Waals surface area contributed by atoms with E-state index in [2.05, 4.69) is 27.9 Å². The molecule has 1 aromatic rings. The van der Waals surface area contributed by atoms with Crippen LogP contribution in [0.3, 0.4) is 0 Å². The molecule has 0 saturated carbocycles. The molecule has 0 aliphatic carbocycles. The van der Waals surface area contributed by atoms with E-state index < -0.39 is 0 Å². The Bertz CT molecular complexity index is 501. The van der Waals surface area contributed by atoms with Gasteiger partial charge in [0.05, 0.1) is 6.54 Å². The van der Waals surface area contributed by atoms with Crippen molar-refractivity contribution in [3.63, 3.8) is 0 Å². The highest BCUT2D eigenvalue weighted by molar-refractivity contribution is 14.1. The van der Waals surface area contributed by atoms with Gasteiger partial charge in [-0.05, 0) is 46.2 Å². The van der Waals surface area contributed by atoms with Gasteiger partial charge in [0.2, 0.25) is 11.8 Å². The van der Waals surface area contributed by atoms with Crippen molar-refractivity contribution in [3.05, 3.63) is 33.4 Å². The molecule has 1 N–H and O–H groups in total. The van der Waals surface area contributed by atoms with E-state index in [-0.39, 0.29) is 30.3 Å². The van der Waals surface area contributed by atoms with E-state index in [0.717, 1.165) is 15.6 Å². The molecule has 1 heterocycles. The minimum Gasteiger partial charge on any atom is -0.345 e. The van der Waals surface area contributed by atoms with Gasteiger partial charge in [-0.2, -0.15) is 0 Å². The second-order valence-corrected chi connectivity index (χ2v) is 6.44.